The van der Waals surface area contributed by atoms with Crippen molar-refractivity contribution in [1.29, 1.82) is 0 Å². The molecule has 0 saturated heterocycles. The summed E-state index contributed by atoms with van der Waals surface area (Å²) in [5.41, 5.74) is -0.443. The van der Waals surface area contributed by atoms with Crippen LogP contribution >= 0.6 is 31.9 Å². The smallest absolute Gasteiger partial charge is 0.246 e. The molecule has 0 saturated carbocycles. The predicted octanol–water partition coefficient (Wildman–Crippen LogP) is 1.02. The van der Waals surface area contributed by atoms with E-state index >= 15 is 0 Å². The topological polar surface area (TPSA) is 48.9 Å². The number of nitrogens with zero attached hydrogens (tertiary/aromatic N) is 3. The zero-order valence-corrected chi connectivity index (χ0v) is 12.3. The molecular weight excluding hydrogens is 354 g/mol. The molecule has 3 heterocycles. The first-order valence-corrected chi connectivity index (χ1v) is 7.31. The molecule has 0 unspecified atom stereocenters. The number of aromatic nitrogens is 3. The highest BCUT2D eigenvalue weighted by Crippen LogP contribution is 2.41. The second-order valence-corrected chi connectivity index (χ2v) is 6.37. The lowest BCUT2D eigenvalue weighted by Gasteiger charge is -2.40. The molecule has 0 amide bonds. The average molecular weight is 365 g/mol. The molecule has 0 N–H and O–H groups in total. The fourth-order valence-corrected chi connectivity index (χ4v) is 4.00. The van der Waals surface area contributed by atoms with Crippen LogP contribution < -0.4 is 11.4 Å². The molecule has 1 aromatic rings. The molecule has 1 aliphatic carbocycles. The summed E-state index contributed by atoms with van der Waals surface area (Å²) in [6, 6.07) is -0.199. The van der Waals surface area contributed by atoms with Crippen LogP contribution in [0, 0.1) is 0 Å². The van der Waals surface area contributed by atoms with Gasteiger partial charge in [-0.2, -0.15) is 0 Å². The highest BCUT2D eigenvalue weighted by atomic mass is 79.9. The van der Waals surface area contributed by atoms with Gasteiger partial charge in [0.05, 0.1) is 21.7 Å². The van der Waals surface area contributed by atoms with Crippen molar-refractivity contribution in [3.63, 3.8) is 0 Å². The lowest BCUT2D eigenvalue weighted by Crippen LogP contribution is -2.50. The second kappa shape index (κ2) is 3.71. The van der Waals surface area contributed by atoms with Gasteiger partial charge in [-0.3, -0.25) is 0 Å². The molecular formula is C10H11Br2N3O2. The number of rotatable bonds is 1. The van der Waals surface area contributed by atoms with Crippen molar-refractivity contribution in [3.05, 3.63) is 33.1 Å². The molecule has 0 radical (unpaired) electrons. The number of hydrogen-bond donors (Lipinski definition) is 0. The molecule has 17 heavy (non-hydrogen) atoms. The maximum atomic E-state index is 12.1. The van der Waals surface area contributed by atoms with Gasteiger partial charge >= 0.3 is 11.4 Å². The number of fused-ring (bicyclic) bond motifs is 1. The van der Waals surface area contributed by atoms with Gasteiger partial charge in [-0.1, -0.05) is 44.0 Å². The molecule has 4 atom stereocenters. The van der Waals surface area contributed by atoms with Crippen LogP contribution in [0.5, 0.6) is 0 Å². The fraction of sp³-hybridized carbons (Fsp3) is 0.600. The van der Waals surface area contributed by atoms with Crippen LogP contribution in [0.15, 0.2) is 21.7 Å². The zero-order chi connectivity index (χ0) is 12.3. The summed E-state index contributed by atoms with van der Waals surface area (Å²) >= 11 is 7.18. The van der Waals surface area contributed by atoms with Crippen LogP contribution in [0.4, 0.5) is 0 Å². The highest BCUT2D eigenvalue weighted by Gasteiger charge is 2.44. The van der Waals surface area contributed by atoms with E-state index in [4.69, 9.17) is 0 Å². The third-order valence-corrected chi connectivity index (χ3v) is 6.36. The Labute approximate surface area is 114 Å². The van der Waals surface area contributed by atoms with Crippen LogP contribution in [0.25, 0.3) is 0 Å². The lowest BCUT2D eigenvalue weighted by atomic mass is 9.96. The SMILES string of the molecule is CCn1c(=O)n2n(c1=O)[C@@H]1C=C[C@@H]2[C@H](Br)[C@@H]1Br. The summed E-state index contributed by atoms with van der Waals surface area (Å²) in [6.07, 6.45) is 3.98. The Balaban J connectivity index is 2.35. The zero-order valence-electron chi connectivity index (χ0n) is 9.09. The highest BCUT2D eigenvalue weighted by molar-refractivity contribution is 9.12. The molecule has 2 bridgehead atoms. The minimum absolute atomic E-state index is 0.0997. The quantitative estimate of drug-likeness (QED) is 0.552. The lowest BCUT2D eigenvalue weighted by molar-refractivity contribution is 0.278. The summed E-state index contributed by atoms with van der Waals surface area (Å²) < 4.78 is 4.40. The Bertz CT molecular complexity index is 563. The molecule has 5 nitrogen and oxygen atoms in total. The number of allylic oxidation sites excluding steroid dienone is 2. The fourth-order valence-electron chi connectivity index (χ4n) is 2.58. The molecule has 0 aromatic carbocycles. The van der Waals surface area contributed by atoms with Crippen molar-refractivity contribution in [3.8, 4) is 0 Å². The number of hydrogen-bond acceptors (Lipinski definition) is 2. The van der Waals surface area contributed by atoms with E-state index in [1.807, 2.05) is 19.1 Å². The first kappa shape index (κ1) is 11.5. The van der Waals surface area contributed by atoms with Gasteiger partial charge in [0, 0.05) is 6.54 Å². The van der Waals surface area contributed by atoms with Gasteiger partial charge in [-0.15, -0.1) is 0 Å². The Hall–Kier alpha value is -0.560. The summed E-state index contributed by atoms with van der Waals surface area (Å²) in [4.78, 5) is 24.5. The van der Waals surface area contributed by atoms with Crippen LogP contribution in [0.1, 0.15) is 19.0 Å². The van der Waals surface area contributed by atoms with Crippen molar-refractivity contribution in [1.82, 2.24) is 13.9 Å². The maximum Gasteiger partial charge on any atom is 0.347 e. The van der Waals surface area contributed by atoms with E-state index in [0.29, 0.717) is 6.54 Å². The van der Waals surface area contributed by atoms with Crippen molar-refractivity contribution in [2.45, 2.75) is 35.2 Å². The summed E-state index contributed by atoms with van der Waals surface area (Å²) in [7, 11) is 0. The number of alkyl halides is 2. The third-order valence-electron chi connectivity index (χ3n) is 3.43. The van der Waals surface area contributed by atoms with Crippen molar-refractivity contribution in [2.75, 3.05) is 0 Å². The minimum Gasteiger partial charge on any atom is -0.246 e. The van der Waals surface area contributed by atoms with Crippen LogP contribution in [-0.2, 0) is 6.54 Å². The van der Waals surface area contributed by atoms with Crippen LogP contribution in [0.3, 0.4) is 0 Å². The van der Waals surface area contributed by atoms with Crippen molar-refractivity contribution >= 4 is 31.9 Å². The summed E-state index contributed by atoms with van der Waals surface area (Å²) in [6.45, 7) is 2.21. The first-order valence-electron chi connectivity index (χ1n) is 5.48. The van der Waals surface area contributed by atoms with Gasteiger partial charge in [0.15, 0.2) is 0 Å². The normalized spacial score (nSPS) is 34.1. The standard InChI is InChI=1S/C10H11Br2N3O2/c1-2-13-9(16)14-5-3-4-6(8(12)7(5)11)15(14)10(13)17/h3-8H,2H2,1H3/t5-,6-,7-,8+/m1/s1. The van der Waals surface area contributed by atoms with Crippen molar-refractivity contribution in [2.24, 2.45) is 0 Å². The largest absolute Gasteiger partial charge is 0.347 e. The van der Waals surface area contributed by atoms with E-state index in [1.165, 1.54) is 4.57 Å². The molecule has 7 heteroatoms. The Morgan fingerprint density at radius 3 is 1.82 bits per heavy atom. The third kappa shape index (κ3) is 1.29. The Morgan fingerprint density at radius 2 is 1.47 bits per heavy atom. The summed E-state index contributed by atoms with van der Waals surface area (Å²) in [5, 5.41) is 0. The van der Waals surface area contributed by atoms with E-state index in [0.717, 1.165) is 0 Å². The van der Waals surface area contributed by atoms with Gasteiger partial charge in [0.1, 0.15) is 0 Å². The van der Waals surface area contributed by atoms with Gasteiger partial charge in [-0.05, 0) is 6.92 Å². The molecule has 0 spiro atoms. The monoisotopic (exact) mass is 363 g/mol. The number of halogens is 2. The van der Waals surface area contributed by atoms with Gasteiger partial charge in [0.25, 0.3) is 0 Å². The first-order chi connectivity index (χ1) is 8.07. The van der Waals surface area contributed by atoms with E-state index in [1.54, 1.807) is 9.36 Å². The Morgan fingerprint density at radius 1 is 1.06 bits per heavy atom. The second-order valence-electron chi connectivity index (χ2n) is 4.25. The molecule has 3 aliphatic rings. The van der Waals surface area contributed by atoms with Gasteiger partial charge in [-0.25, -0.2) is 23.5 Å². The summed E-state index contributed by atoms with van der Waals surface area (Å²) in [5.74, 6) is 0. The van der Waals surface area contributed by atoms with Crippen LogP contribution in [0.2, 0.25) is 0 Å². The van der Waals surface area contributed by atoms with E-state index in [2.05, 4.69) is 31.9 Å². The van der Waals surface area contributed by atoms with Gasteiger partial charge < -0.3 is 0 Å². The molecule has 2 aliphatic heterocycles. The predicted molar refractivity (Wildman–Crippen MR) is 71.3 cm³/mol. The molecule has 92 valence electrons. The van der Waals surface area contributed by atoms with Gasteiger partial charge in [0.2, 0.25) is 0 Å². The maximum absolute atomic E-state index is 12.1. The average Bonchev–Trinajstić information content (AvgIpc) is 2.58. The molecule has 4 rings (SSSR count). The molecule has 0 fully saturated rings. The minimum atomic E-state index is -0.222. The van der Waals surface area contributed by atoms with E-state index in [9.17, 15) is 9.59 Å². The van der Waals surface area contributed by atoms with E-state index < -0.39 is 0 Å². The Kier molecular flexibility index (Phi) is 2.52. The van der Waals surface area contributed by atoms with Crippen LogP contribution in [-0.4, -0.2) is 23.6 Å². The van der Waals surface area contributed by atoms with Crippen molar-refractivity contribution < 1.29 is 0 Å². The molecule has 1 aromatic heterocycles. The van der Waals surface area contributed by atoms with E-state index in [-0.39, 0.29) is 33.1 Å².